The van der Waals surface area contributed by atoms with Gasteiger partial charge in [-0.15, -0.1) is 11.6 Å². The van der Waals surface area contributed by atoms with Crippen LogP contribution < -0.4 is 0 Å². The first-order valence-corrected chi connectivity index (χ1v) is 6.56. The average Bonchev–Trinajstić information content (AvgIpc) is 2.40. The fourth-order valence-electron chi connectivity index (χ4n) is 1.26. The Morgan fingerprint density at radius 3 is 2.00 bits per heavy atom. The fraction of sp³-hybridized carbons (Fsp3) is 0.909. The van der Waals surface area contributed by atoms with Crippen molar-refractivity contribution in [3.63, 3.8) is 0 Å². The van der Waals surface area contributed by atoms with Crippen LogP contribution in [0.1, 0.15) is 25.7 Å². The smallest absolute Gasteiger partial charge is 0.381 e. The number of halogens is 9. The molecule has 0 radical (unpaired) electrons. The number of hydrogen-bond acceptors (Lipinski definition) is 2. The van der Waals surface area contributed by atoms with E-state index in [2.05, 4.69) is 4.74 Å². The van der Waals surface area contributed by atoms with Crippen LogP contribution in [0.2, 0.25) is 0 Å². The molecule has 0 fully saturated rings. The molecule has 0 aromatic carbocycles. The summed E-state index contributed by atoms with van der Waals surface area (Å²) in [5.74, 6) is -19.3. The van der Waals surface area contributed by atoms with E-state index in [-0.39, 0.29) is 6.42 Å². The minimum Gasteiger partial charge on any atom is -0.459 e. The van der Waals surface area contributed by atoms with Crippen molar-refractivity contribution in [2.45, 2.75) is 49.9 Å². The number of alkyl halides is 9. The lowest BCUT2D eigenvalue weighted by atomic mass is 10.1. The first-order chi connectivity index (χ1) is 9.90. The molecule has 0 aromatic heterocycles. The SMILES string of the molecule is O=C(CCCCCCl)OCC(F)(F)C(F)(F)C(F)(F)C(F)F. The van der Waals surface area contributed by atoms with Gasteiger partial charge in [0.15, 0.2) is 6.61 Å². The second-order valence-electron chi connectivity index (χ2n) is 4.36. The molecule has 11 heteroatoms. The van der Waals surface area contributed by atoms with E-state index in [0.29, 0.717) is 18.7 Å². The fourth-order valence-corrected chi connectivity index (χ4v) is 1.44. The molecule has 0 heterocycles. The van der Waals surface area contributed by atoms with E-state index >= 15 is 0 Å². The molecular weight excluding hydrogens is 352 g/mol. The maximum atomic E-state index is 13.0. The Morgan fingerprint density at radius 1 is 1.00 bits per heavy atom. The van der Waals surface area contributed by atoms with Crippen LogP contribution in [0.4, 0.5) is 35.1 Å². The summed E-state index contributed by atoms with van der Waals surface area (Å²) in [7, 11) is 0. The normalized spacial score (nSPS) is 13.5. The molecule has 0 aliphatic carbocycles. The van der Waals surface area contributed by atoms with E-state index < -0.39 is 43.2 Å². The minimum atomic E-state index is -6.37. The van der Waals surface area contributed by atoms with Crippen molar-refractivity contribution in [2.24, 2.45) is 0 Å². The van der Waals surface area contributed by atoms with Crippen molar-refractivity contribution >= 4 is 17.6 Å². The average molecular weight is 365 g/mol. The van der Waals surface area contributed by atoms with E-state index in [1.54, 1.807) is 0 Å². The molecule has 0 spiro atoms. The highest BCUT2D eigenvalue weighted by Gasteiger charge is 2.75. The van der Waals surface area contributed by atoms with Crippen LogP contribution in [0.3, 0.4) is 0 Å². The zero-order chi connectivity index (χ0) is 17.6. The summed E-state index contributed by atoms with van der Waals surface area (Å²) in [4.78, 5) is 11.0. The highest BCUT2D eigenvalue weighted by molar-refractivity contribution is 6.17. The molecular formula is C11H13ClF8O2. The third-order valence-corrected chi connectivity index (χ3v) is 2.85. The van der Waals surface area contributed by atoms with E-state index in [4.69, 9.17) is 11.6 Å². The molecule has 22 heavy (non-hydrogen) atoms. The lowest BCUT2D eigenvalue weighted by molar-refractivity contribution is -0.344. The Labute approximate surface area is 125 Å². The zero-order valence-electron chi connectivity index (χ0n) is 11.0. The molecule has 0 unspecified atom stereocenters. The topological polar surface area (TPSA) is 26.3 Å². The Morgan fingerprint density at radius 2 is 1.55 bits per heavy atom. The number of unbranched alkanes of at least 4 members (excludes halogenated alkanes) is 2. The molecule has 0 saturated carbocycles. The summed E-state index contributed by atoms with van der Waals surface area (Å²) in [6.45, 7) is -2.42. The summed E-state index contributed by atoms with van der Waals surface area (Å²) in [6.07, 6.45) is -4.29. The predicted octanol–water partition coefficient (Wildman–Crippen LogP) is 4.50. The van der Waals surface area contributed by atoms with Gasteiger partial charge in [-0.05, 0) is 12.8 Å². The molecule has 0 N–H and O–H groups in total. The number of carbonyl (C=O) groups excluding carboxylic acids is 1. The van der Waals surface area contributed by atoms with Crippen LogP contribution in [0, 0.1) is 0 Å². The summed E-state index contributed by atoms with van der Waals surface area (Å²) in [6, 6.07) is 0. The molecule has 2 nitrogen and oxygen atoms in total. The number of hydrogen-bond donors (Lipinski definition) is 0. The molecule has 0 bridgehead atoms. The van der Waals surface area contributed by atoms with Gasteiger partial charge in [-0.2, -0.15) is 26.3 Å². The molecule has 0 amide bonds. The molecule has 0 rings (SSSR count). The standard InChI is InChI=1S/C11H13ClF8O2/c12-5-3-1-2-4-7(21)22-6-9(15,16)11(19,20)10(17,18)8(13)14/h8H,1-6H2. The second kappa shape index (κ2) is 8.16. The quantitative estimate of drug-likeness (QED) is 0.247. The van der Waals surface area contributed by atoms with Crippen LogP contribution >= 0.6 is 11.6 Å². The number of rotatable bonds is 10. The lowest BCUT2D eigenvalue weighted by Crippen LogP contribution is -2.59. The summed E-state index contributed by atoms with van der Waals surface area (Å²) < 4.78 is 104. The van der Waals surface area contributed by atoms with Gasteiger partial charge in [0.2, 0.25) is 0 Å². The van der Waals surface area contributed by atoms with E-state index in [1.807, 2.05) is 0 Å². The highest BCUT2D eigenvalue weighted by Crippen LogP contribution is 2.48. The Hall–Kier alpha value is -0.800. The summed E-state index contributed by atoms with van der Waals surface area (Å²) in [5, 5.41) is 0. The van der Waals surface area contributed by atoms with Gasteiger partial charge in [-0.25, -0.2) is 8.78 Å². The van der Waals surface area contributed by atoms with Gasteiger partial charge in [-0.1, -0.05) is 6.42 Å². The van der Waals surface area contributed by atoms with Crippen LogP contribution in [-0.4, -0.2) is 42.6 Å². The van der Waals surface area contributed by atoms with E-state index in [0.717, 1.165) is 0 Å². The maximum Gasteiger partial charge on any atom is 0.381 e. The Balaban J connectivity index is 4.59. The van der Waals surface area contributed by atoms with Crippen molar-refractivity contribution in [2.75, 3.05) is 12.5 Å². The largest absolute Gasteiger partial charge is 0.459 e. The lowest BCUT2D eigenvalue weighted by Gasteiger charge is -2.31. The molecule has 0 aliphatic rings. The molecule has 132 valence electrons. The van der Waals surface area contributed by atoms with Gasteiger partial charge >= 0.3 is 30.2 Å². The molecule has 0 saturated heterocycles. The van der Waals surface area contributed by atoms with Crippen LogP contribution in [0.15, 0.2) is 0 Å². The summed E-state index contributed by atoms with van der Waals surface area (Å²) >= 11 is 5.33. The Kier molecular flexibility index (Phi) is 7.87. The van der Waals surface area contributed by atoms with E-state index in [1.165, 1.54) is 0 Å². The van der Waals surface area contributed by atoms with Crippen molar-refractivity contribution in [1.29, 1.82) is 0 Å². The third kappa shape index (κ3) is 5.13. The number of carbonyl (C=O) groups is 1. The van der Waals surface area contributed by atoms with E-state index in [9.17, 15) is 39.9 Å². The number of ether oxygens (including phenoxy) is 1. The van der Waals surface area contributed by atoms with Crippen molar-refractivity contribution in [3.05, 3.63) is 0 Å². The zero-order valence-corrected chi connectivity index (χ0v) is 11.8. The first-order valence-electron chi connectivity index (χ1n) is 6.03. The molecule has 0 aromatic rings. The van der Waals surface area contributed by atoms with Gasteiger partial charge in [0.25, 0.3) is 0 Å². The Bertz CT molecular complexity index is 362. The monoisotopic (exact) mass is 364 g/mol. The minimum absolute atomic E-state index is 0.167. The van der Waals surface area contributed by atoms with Gasteiger partial charge < -0.3 is 4.74 Å². The van der Waals surface area contributed by atoms with Crippen molar-refractivity contribution in [3.8, 4) is 0 Å². The van der Waals surface area contributed by atoms with Crippen molar-refractivity contribution < 1.29 is 44.7 Å². The maximum absolute atomic E-state index is 13.0. The van der Waals surface area contributed by atoms with Gasteiger partial charge in [0.1, 0.15) is 0 Å². The second-order valence-corrected chi connectivity index (χ2v) is 4.74. The summed E-state index contributed by atoms with van der Waals surface area (Å²) in [5.41, 5.74) is 0. The number of esters is 1. The van der Waals surface area contributed by atoms with Crippen LogP contribution in [-0.2, 0) is 9.53 Å². The van der Waals surface area contributed by atoms with Gasteiger partial charge in [0.05, 0.1) is 0 Å². The third-order valence-electron chi connectivity index (χ3n) is 2.58. The van der Waals surface area contributed by atoms with Crippen molar-refractivity contribution in [1.82, 2.24) is 0 Å². The molecule has 0 aliphatic heterocycles. The molecule has 0 atom stereocenters. The van der Waals surface area contributed by atoms with Crippen LogP contribution in [0.5, 0.6) is 0 Å². The predicted molar refractivity (Wildman–Crippen MR) is 61.0 cm³/mol. The van der Waals surface area contributed by atoms with Gasteiger partial charge in [0, 0.05) is 12.3 Å². The first kappa shape index (κ1) is 21.2. The van der Waals surface area contributed by atoms with Gasteiger partial charge in [-0.3, -0.25) is 4.79 Å². The van der Waals surface area contributed by atoms with Crippen LogP contribution in [0.25, 0.3) is 0 Å². The highest BCUT2D eigenvalue weighted by atomic mass is 35.5.